The molecule has 0 unspecified atom stereocenters. The quantitative estimate of drug-likeness (QED) is 0.375. The van der Waals surface area contributed by atoms with Crippen LogP contribution in [0.3, 0.4) is 0 Å². The van der Waals surface area contributed by atoms with Crippen LogP contribution in [0.25, 0.3) is 16.4 Å². The van der Waals surface area contributed by atoms with Crippen LogP contribution in [0.5, 0.6) is 0 Å². The maximum Gasteiger partial charge on any atom is 0.0603 e. The topological polar surface area (TPSA) is 54.0 Å². The first-order valence-corrected chi connectivity index (χ1v) is 6.24. The van der Waals surface area contributed by atoms with Crippen molar-refractivity contribution in [1.29, 1.82) is 5.26 Å². The van der Waals surface area contributed by atoms with Crippen molar-refractivity contribution in [3.63, 3.8) is 0 Å². The van der Waals surface area contributed by atoms with Crippen molar-refractivity contribution in [1.82, 2.24) is 14.4 Å². The fourth-order valence-corrected chi connectivity index (χ4v) is 1.88. The van der Waals surface area contributed by atoms with Gasteiger partial charge in [-0.2, -0.15) is 0 Å². The molecule has 0 atom stereocenters. The molecule has 111 valence electrons. The minimum atomic E-state index is 0. The number of hydrogen-bond acceptors (Lipinski definition) is 3. The van der Waals surface area contributed by atoms with Crippen molar-refractivity contribution in [2.45, 2.75) is 0 Å². The first-order valence-electron chi connectivity index (χ1n) is 6.24. The molecule has 1 radical (unpaired) electrons. The zero-order chi connectivity index (χ0) is 14.9. The van der Waals surface area contributed by atoms with E-state index in [1.165, 1.54) is 5.39 Å². The summed E-state index contributed by atoms with van der Waals surface area (Å²) in [5.74, 6) is 0. The first kappa shape index (κ1) is 17.5. The third kappa shape index (κ3) is 4.22. The fourth-order valence-electron chi connectivity index (χ4n) is 1.88. The predicted molar refractivity (Wildman–Crippen MR) is 80.7 cm³/mol. The number of imidazole rings is 1. The molecule has 0 spiro atoms. The molecular weight excluding hydrogens is 452 g/mol. The van der Waals surface area contributed by atoms with Crippen molar-refractivity contribution in [2.75, 3.05) is 0 Å². The summed E-state index contributed by atoms with van der Waals surface area (Å²) in [7, 11) is 0. The molecule has 3 heterocycles. The van der Waals surface area contributed by atoms with E-state index in [1.807, 2.05) is 47.1 Å². The molecule has 4 nitrogen and oxygen atoms in total. The van der Waals surface area contributed by atoms with E-state index in [-0.39, 0.29) is 20.1 Å². The second kappa shape index (κ2) is 9.41. The molecule has 0 aliphatic carbocycles. The Bertz CT molecular complexity index is 798. The molecule has 0 aliphatic heterocycles. The van der Waals surface area contributed by atoms with E-state index >= 15 is 0 Å². The zero-order valence-electron chi connectivity index (χ0n) is 11.6. The Morgan fingerprint density at radius 1 is 0.955 bits per heavy atom. The van der Waals surface area contributed by atoms with Gasteiger partial charge in [-0.1, -0.05) is 12.1 Å². The molecule has 0 aliphatic rings. The molecule has 0 saturated heterocycles. The van der Waals surface area contributed by atoms with Crippen molar-refractivity contribution in [3.05, 3.63) is 86.1 Å². The van der Waals surface area contributed by atoms with E-state index in [4.69, 9.17) is 11.8 Å². The van der Waals surface area contributed by atoms with E-state index in [2.05, 4.69) is 28.2 Å². The smallest absolute Gasteiger partial charge is 0.0603 e. The molecule has 5 heteroatoms. The van der Waals surface area contributed by atoms with Gasteiger partial charge in [-0.05, 0) is 18.3 Å². The minimum absolute atomic E-state index is 0. The molecule has 0 N–H and O–H groups in total. The Balaban J connectivity index is 0.000000230. The summed E-state index contributed by atoms with van der Waals surface area (Å²) >= 11 is 0. The minimum Gasteiger partial charge on any atom is -0.512 e. The number of benzene rings is 1. The van der Waals surface area contributed by atoms with Gasteiger partial charge in [0.15, 0.2) is 0 Å². The van der Waals surface area contributed by atoms with Gasteiger partial charge in [0.1, 0.15) is 0 Å². The second-order valence-electron chi connectivity index (χ2n) is 4.00. The average Bonchev–Trinajstić information content (AvgIpc) is 3.08. The van der Waals surface area contributed by atoms with Gasteiger partial charge in [-0.15, -0.1) is 35.0 Å². The average molecular weight is 465 g/mol. The molecule has 22 heavy (non-hydrogen) atoms. The number of hydrogen-bond donors (Lipinski definition) is 0. The molecular formula is C17H12IrN4-2. The van der Waals surface area contributed by atoms with Crippen LogP contribution in [-0.2, 0) is 20.1 Å². The summed E-state index contributed by atoms with van der Waals surface area (Å²) in [6.45, 7) is 4.75. The van der Waals surface area contributed by atoms with E-state index in [0.29, 0.717) is 0 Å². The Labute approximate surface area is 142 Å². The Morgan fingerprint density at radius 3 is 2.36 bits per heavy atom. The summed E-state index contributed by atoms with van der Waals surface area (Å²) in [4.78, 5) is 8.06. The monoisotopic (exact) mass is 465 g/mol. The molecule has 4 aromatic rings. The zero-order valence-corrected chi connectivity index (χ0v) is 13.9. The van der Waals surface area contributed by atoms with Gasteiger partial charge in [-0.3, -0.25) is 9.97 Å². The number of nitrogens with zero attached hydrogens (tertiary/aromatic N) is 4. The number of fused-ring (bicyclic) bond motifs is 3. The fraction of sp³-hybridized carbons (Fsp3) is 0. The van der Waals surface area contributed by atoms with Crippen LogP contribution in [0, 0.1) is 17.9 Å². The van der Waals surface area contributed by atoms with Gasteiger partial charge in [0.05, 0.1) is 5.65 Å². The van der Waals surface area contributed by atoms with Gasteiger partial charge < -0.3 is 16.2 Å². The molecule has 4 rings (SSSR count). The molecule has 0 bridgehead atoms. The standard InChI is InChI=1S/C11H7N2.C5H5N.CN.Ir/c1-2-4-10-9(3-1)5-7-13-8-6-12-11(10)13;1-2-4-6-5-3-1;1-2;/h1-3,5-8H;1-5H;;/q-1;;-1;. The second-order valence-corrected chi connectivity index (χ2v) is 4.00. The maximum absolute atomic E-state index is 6.25. The third-order valence-electron chi connectivity index (χ3n) is 2.76. The number of pyridine rings is 2. The van der Waals surface area contributed by atoms with Crippen molar-refractivity contribution in [2.24, 2.45) is 0 Å². The first-order chi connectivity index (χ1) is 10.4. The van der Waals surface area contributed by atoms with Crippen LogP contribution < -0.4 is 0 Å². The summed E-state index contributed by atoms with van der Waals surface area (Å²) in [6.07, 6.45) is 9.25. The summed E-state index contributed by atoms with van der Waals surface area (Å²) in [5.41, 5.74) is 0.970. The molecule has 3 aromatic heterocycles. The van der Waals surface area contributed by atoms with Crippen LogP contribution in [0.4, 0.5) is 0 Å². The molecule has 0 amide bonds. The Kier molecular flexibility index (Phi) is 7.49. The van der Waals surface area contributed by atoms with Crippen LogP contribution in [0.15, 0.2) is 73.4 Å². The third-order valence-corrected chi connectivity index (χ3v) is 2.76. The van der Waals surface area contributed by atoms with E-state index in [9.17, 15) is 0 Å². The normalized spacial score (nSPS) is 8.82. The van der Waals surface area contributed by atoms with Crippen LogP contribution in [0.2, 0.25) is 0 Å². The van der Waals surface area contributed by atoms with Crippen molar-refractivity contribution in [3.8, 4) is 0 Å². The van der Waals surface area contributed by atoms with Crippen molar-refractivity contribution >= 4 is 16.4 Å². The van der Waals surface area contributed by atoms with Crippen LogP contribution >= 0.6 is 0 Å². The van der Waals surface area contributed by atoms with E-state index < -0.39 is 0 Å². The predicted octanol–water partition coefficient (Wildman–Crippen LogP) is 3.46. The number of rotatable bonds is 0. The molecule has 0 saturated carbocycles. The van der Waals surface area contributed by atoms with Gasteiger partial charge >= 0.3 is 0 Å². The Morgan fingerprint density at radius 2 is 1.73 bits per heavy atom. The van der Waals surface area contributed by atoms with Crippen LogP contribution in [0.1, 0.15) is 0 Å². The van der Waals surface area contributed by atoms with E-state index in [0.717, 1.165) is 11.0 Å². The van der Waals surface area contributed by atoms with E-state index in [1.54, 1.807) is 18.6 Å². The molecule has 0 fully saturated rings. The van der Waals surface area contributed by atoms with Crippen molar-refractivity contribution < 1.29 is 20.1 Å². The summed E-state index contributed by atoms with van der Waals surface area (Å²) < 4.78 is 2.00. The summed E-state index contributed by atoms with van der Waals surface area (Å²) in [6, 6.07) is 17.0. The van der Waals surface area contributed by atoms with Crippen LogP contribution in [-0.4, -0.2) is 14.4 Å². The van der Waals surface area contributed by atoms with Gasteiger partial charge in [0.25, 0.3) is 0 Å². The summed E-state index contributed by atoms with van der Waals surface area (Å²) in [5, 5.41) is 8.51. The maximum atomic E-state index is 6.25. The Hall–Kier alpha value is -2.54. The largest absolute Gasteiger partial charge is 0.512 e. The van der Waals surface area contributed by atoms with Gasteiger partial charge in [0, 0.05) is 44.9 Å². The van der Waals surface area contributed by atoms with Gasteiger partial charge in [0.2, 0.25) is 0 Å². The van der Waals surface area contributed by atoms with Gasteiger partial charge in [-0.25, -0.2) is 0 Å². The molecule has 1 aromatic carbocycles. The SMILES string of the molecule is [C-]#N.[Ir].[c-]1cccc2ccn3ccnc3c12.c1ccncc1. The number of aromatic nitrogens is 3.